The summed E-state index contributed by atoms with van der Waals surface area (Å²) >= 11 is 4.48. The van der Waals surface area contributed by atoms with Crippen LogP contribution < -0.4 is 0 Å². The SMILES string of the molecule is CCN(C(C)c1cccc(O)c1)S(=O)(=O)c1ccc(Br)s1. The number of rotatable bonds is 5. The maximum Gasteiger partial charge on any atom is 0.253 e. The lowest BCUT2D eigenvalue weighted by Crippen LogP contribution is -2.33. The number of thiophene rings is 1. The summed E-state index contributed by atoms with van der Waals surface area (Å²) in [7, 11) is -3.55. The topological polar surface area (TPSA) is 57.6 Å². The molecule has 114 valence electrons. The van der Waals surface area contributed by atoms with Gasteiger partial charge in [-0.25, -0.2) is 8.42 Å². The van der Waals surface area contributed by atoms with Crippen molar-refractivity contribution >= 4 is 37.3 Å². The molecular weight excluding hydrogens is 374 g/mol. The third kappa shape index (κ3) is 3.48. The molecule has 0 fully saturated rings. The first kappa shape index (κ1) is 16.5. The van der Waals surface area contributed by atoms with Gasteiger partial charge in [0, 0.05) is 12.6 Å². The van der Waals surface area contributed by atoms with Crippen molar-refractivity contribution in [1.82, 2.24) is 4.31 Å². The normalized spacial score (nSPS) is 13.5. The molecule has 2 aromatic rings. The van der Waals surface area contributed by atoms with Crippen LogP contribution in [-0.4, -0.2) is 24.4 Å². The Balaban J connectivity index is 2.39. The molecule has 1 aromatic heterocycles. The second kappa shape index (κ2) is 6.48. The molecular formula is C14H16BrNO3S2. The summed E-state index contributed by atoms with van der Waals surface area (Å²) in [4.78, 5) is 0. The van der Waals surface area contributed by atoms with Gasteiger partial charge in [0.25, 0.3) is 10.0 Å². The molecule has 0 radical (unpaired) electrons. The number of nitrogens with zero attached hydrogens (tertiary/aromatic N) is 1. The highest BCUT2D eigenvalue weighted by molar-refractivity contribution is 9.11. The fraction of sp³-hybridized carbons (Fsp3) is 0.286. The molecule has 1 heterocycles. The highest BCUT2D eigenvalue weighted by Crippen LogP contribution is 2.33. The molecule has 0 aliphatic heterocycles. The first-order valence-corrected chi connectivity index (χ1v) is 9.47. The highest BCUT2D eigenvalue weighted by atomic mass is 79.9. The molecule has 0 saturated carbocycles. The molecule has 0 aliphatic carbocycles. The lowest BCUT2D eigenvalue weighted by Gasteiger charge is -2.27. The summed E-state index contributed by atoms with van der Waals surface area (Å²) in [6.45, 7) is 3.98. The van der Waals surface area contributed by atoms with E-state index in [9.17, 15) is 13.5 Å². The molecule has 2 rings (SSSR count). The van der Waals surface area contributed by atoms with E-state index < -0.39 is 10.0 Å². The molecule has 0 amide bonds. The summed E-state index contributed by atoms with van der Waals surface area (Å²) in [5, 5.41) is 9.57. The van der Waals surface area contributed by atoms with E-state index in [0.29, 0.717) is 10.8 Å². The van der Waals surface area contributed by atoms with Gasteiger partial charge < -0.3 is 5.11 Å². The lowest BCUT2D eigenvalue weighted by atomic mass is 10.1. The molecule has 21 heavy (non-hydrogen) atoms. The van der Waals surface area contributed by atoms with Gasteiger partial charge in [-0.15, -0.1) is 11.3 Å². The van der Waals surface area contributed by atoms with Gasteiger partial charge in [0.05, 0.1) is 3.79 Å². The van der Waals surface area contributed by atoms with Crippen LogP contribution in [0.15, 0.2) is 44.4 Å². The van der Waals surface area contributed by atoms with Crippen molar-refractivity contribution in [3.63, 3.8) is 0 Å². The van der Waals surface area contributed by atoms with Crippen LogP contribution in [0, 0.1) is 0 Å². The van der Waals surface area contributed by atoms with Gasteiger partial charge in [-0.3, -0.25) is 0 Å². The fourth-order valence-electron chi connectivity index (χ4n) is 2.15. The number of sulfonamides is 1. The molecule has 0 saturated heterocycles. The van der Waals surface area contributed by atoms with Crippen LogP contribution in [0.5, 0.6) is 5.75 Å². The van der Waals surface area contributed by atoms with E-state index in [1.54, 1.807) is 37.3 Å². The zero-order valence-electron chi connectivity index (χ0n) is 11.7. The second-order valence-corrected chi connectivity index (χ2v) is 9.12. The molecule has 1 N–H and O–H groups in total. The van der Waals surface area contributed by atoms with Crippen molar-refractivity contribution in [3.8, 4) is 5.75 Å². The van der Waals surface area contributed by atoms with Gasteiger partial charge in [-0.05, 0) is 52.7 Å². The third-order valence-electron chi connectivity index (χ3n) is 3.21. The minimum atomic E-state index is -3.55. The Morgan fingerprint density at radius 2 is 2.05 bits per heavy atom. The minimum absolute atomic E-state index is 0.131. The molecule has 4 nitrogen and oxygen atoms in total. The first-order valence-electron chi connectivity index (χ1n) is 6.42. The smallest absolute Gasteiger partial charge is 0.253 e. The fourth-order valence-corrected chi connectivity index (χ4v) is 5.92. The van der Waals surface area contributed by atoms with Crippen LogP contribution in [0.3, 0.4) is 0 Å². The van der Waals surface area contributed by atoms with Crippen LogP contribution in [0.2, 0.25) is 0 Å². The lowest BCUT2D eigenvalue weighted by molar-refractivity contribution is 0.356. The van der Waals surface area contributed by atoms with Gasteiger partial charge in [0.2, 0.25) is 0 Å². The van der Waals surface area contributed by atoms with E-state index in [1.807, 2.05) is 13.0 Å². The average molecular weight is 390 g/mol. The summed E-state index contributed by atoms with van der Waals surface area (Å²) < 4.78 is 28.0. The van der Waals surface area contributed by atoms with Crippen LogP contribution >= 0.6 is 27.3 Å². The Bertz CT molecular complexity index is 727. The quantitative estimate of drug-likeness (QED) is 0.840. The third-order valence-corrected chi connectivity index (χ3v) is 7.34. The average Bonchev–Trinajstić information content (AvgIpc) is 2.86. The van der Waals surface area contributed by atoms with E-state index in [-0.39, 0.29) is 11.8 Å². The van der Waals surface area contributed by atoms with Gasteiger partial charge >= 0.3 is 0 Å². The Morgan fingerprint density at radius 1 is 1.33 bits per heavy atom. The van der Waals surface area contributed by atoms with Crippen LogP contribution in [0.4, 0.5) is 0 Å². The monoisotopic (exact) mass is 389 g/mol. The van der Waals surface area contributed by atoms with Gasteiger partial charge in [0.1, 0.15) is 9.96 Å². The summed E-state index contributed by atoms with van der Waals surface area (Å²) in [5.41, 5.74) is 0.760. The van der Waals surface area contributed by atoms with Crippen molar-refractivity contribution in [3.05, 3.63) is 45.7 Å². The number of halogens is 1. The van der Waals surface area contributed by atoms with Crippen molar-refractivity contribution in [2.75, 3.05) is 6.54 Å². The van der Waals surface area contributed by atoms with Crippen molar-refractivity contribution < 1.29 is 13.5 Å². The predicted octanol–water partition coefficient (Wildman–Crippen LogP) is 3.99. The van der Waals surface area contributed by atoms with Crippen molar-refractivity contribution in [2.45, 2.75) is 24.1 Å². The van der Waals surface area contributed by atoms with E-state index in [4.69, 9.17) is 0 Å². The maximum atomic E-state index is 12.7. The van der Waals surface area contributed by atoms with Gasteiger partial charge in [0.15, 0.2) is 0 Å². The number of hydrogen-bond acceptors (Lipinski definition) is 4. The molecule has 0 bridgehead atoms. The first-order chi connectivity index (χ1) is 9.86. The number of benzene rings is 1. The highest BCUT2D eigenvalue weighted by Gasteiger charge is 2.29. The Kier molecular flexibility index (Phi) is 5.08. The summed E-state index contributed by atoms with van der Waals surface area (Å²) in [5.74, 6) is 0.131. The van der Waals surface area contributed by atoms with Gasteiger partial charge in [-0.2, -0.15) is 4.31 Å². The molecule has 0 aliphatic rings. The van der Waals surface area contributed by atoms with Crippen molar-refractivity contribution in [2.24, 2.45) is 0 Å². The van der Waals surface area contributed by atoms with Crippen LogP contribution in [-0.2, 0) is 10.0 Å². The van der Waals surface area contributed by atoms with Gasteiger partial charge in [-0.1, -0.05) is 19.1 Å². The molecule has 1 atom stereocenters. The molecule has 0 spiro atoms. The zero-order chi connectivity index (χ0) is 15.6. The minimum Gasteiger partial charge on any atom is -0.508 e. The van der Waals surface area contributed by atoms with Crippen LogP contribution in [0.25, 0.3) is 0 Å². The van der Waals surface area contributed by atoms with Crippen LogP contribution in [0.1, 0.15) is 25.5 Å². The maximum absolute atomic E-state index is 12.7. The van der Waals surface area contributed by atoms with E-state index >= 15 is 0 Å². The molecule has 1 aromatic carbocycles. The van der Waals surface area contributed by atoms with E-state index in [0.717, 1.165) is 9.35 Å². The Hall–Kier alpha value is -0.890. The number of hydrogen-bond donors (Lipinski definition) is 1. The largest absolute Gasteiger partial charge is 0.508 e. The zero-order valence-corrected chi connectivity index (χ0v) is 14.9. The summed E-state index contributed by atoms with van der Waals surface area (Å²) in [6.07, 6.45) is 0. The number of phenolic OH excluding ortho intramolecular Hbond substituents is 1. The predicted molar refractivity (Wildman–Crippen MR) is 88.1 cm³/mol. The molecule has 1 unspecified atom stereocenters. The summed E-state index contributed by atoms with van der Waals surface area (Å²) in [6, 6.07) is 9.65. The Morgan fingerprint density at radius 3 is 2.57 bits per heavy atom. The Labute approximate surface area is 137 Å². The molecule has 7 heteroatoms. The number of aromatic hydroxyl groups is 1. The second-order valence-electron chi connectivity index (χ2n) is 4.54. The number of phenols is 1. The standard InChI is InChI=1S/C14H16BrNO3S2/c1-3-16(10(2)11-5-4-6-12(17)9-11)21(18,19)14-8-7-13(15)20-14/h4-10,17H,3H2,1-2H3. The van der Waals surface area contributed by atoms with E-state index in [1.165, 1.54) is 15.6 Å². The van der Waals surface area contributed by atoms with E-state index in [2.05, 4.69) is 15.9 Å². The van der Waals surface area contributed by atoms with Crippen molar-refractivity contribution in [1.29, 1.82) is 0 Å².